The van der Waals surface area contributed by atoms with Gasteiger partial charge in [0.2, 0.25) is 11.7 Å². The number of hydrogen-bond donors (Lipinski definition) is 2. The highest BCUT2D eigenvalue weighted by Gasteiger charge is 2.83. The number of alkyl halides is 12. The first-order valence-corrected chi connectivity index (χ1v) is 33.5. The van der Waals surface area contributed by atoms with Crippen molar-refractivity contribution in [2.24, 2.45) is 0 Å². The molecule has 2 aliphatic rings. The summed E-state index contributed by atoms with van der Waals surface area (Å²) >= 11 is 19.4. The zero-order valence-corrected chi connectivity index (χ0v) is 57.1. The van der Waals surface area contributed by atoms with Gasteiger partial charge in [0.1, 0.15) is 0 Å². The second-order valence-electron chi connectivity index (χ2n) is 20.0. The monoisotopic (exact) mass is 1620 g/mol. The van der Waals surface area contributed by atoms with Crippen LogP contribution >= 0.6 is 109 Å². The molecule has 94 heavy (non-hydrogen) atoms. The third-order valence-electron chi connectivity index (χ3n) is 13.9. The average molecular weight is 1630 g/mol. The van der Waals surface area contributed by atoms with E-state index in [9.17, 15) is 35.1 Å². The van der Waals surface area contributed by atoms with Crippen LogP contribution in [0.3, 0.4) is 0 Å². The van der Waals surface area contributed by atoms with Crippen molar-refractivity contribution in [1.82, 2.24) is 0 Å². The Morgan fingerprint density at radius 2 is 0.617 bits per heavy atom. The Morgan fingerprint density at radius 3 is 0.872 bits per heavy atom. The summed E-state index contributed by atoms with van der Waals surface area (Å²) in [4.78, 5) is 3.97. The lowest BCUT2D eigenvalue weighted by molar-refractivity contribution is -0.271. The lowest BCUT2D eigenvalue weighted by atomic mass is 9.81. The Bertz CT molecular complexity index is 4210. The van der Waals surface area contributed by atoms with Crippen molar-refractivity contribution in [1.29, 1.82) is 1.34 Å². The summed E-state index contributed by atoms with van der Waals surface area (Å²) in [7, 11) is 2.41. The standard InChI is InChI=1S/C37H22F6S2.C16H11BrS.C6H7BO2.C5F8.C4HBr3S.BH/c38-35(39)31(27-21-29(23-13-5-1-6-14-23)44-33(27)25-17-9-3-10-18-25)32(36(40,41)37(35,42)43)28-22-30(24-15-7-2-8-16-24)45-34(28)26-19-11-4-12-20-26;17-14-11-15(12-7-3-1-4-8-12)18-16(14)13-9-5-2-6-10-13;8-7(9)6-4-2-1-3-5-6;6-1-2(7)4(10,11)5(12,13)3(1,8)9;5-2-1-3(6)8-4(2)7;/h1-22H;1-11H;1-5,8-9H;;1H;1H/i;;;;;1T. The highest BCUT2D eigenvalue weighted by atomic mass is 79.9. The number of hydrogen-bond acceptors (Lipinski definition) is 6. The SMILES string of the molecule is Brc1cc(-c2ccccc2)sc1-c1ccccc1.Brc1cc(Br)c(Br)s1.FC1(F)C(c2cc(-c3ccccc3)sc2-c2ccccc2)=C(c2cc(-c3ccccc3)sc2-c2ccccc2)C(F)(F)C1(F)F.FC1=C(F)C(F)(F)C(F)(F)C1(F)F.OB(O)c1ccccc1.[3H][B]. The molecule has 26 heteroatoms. The summed E-state index contributed by atoms with van der Waals surface area (Å²) in [6.45, 7) is 0. The van der Waals surface area contributed by atoms with Crippen LogP contribution < -0.4 is 5.46 Å². The highest BCUT2D eigenvalue weighted by molar-refractivity contribution is 9.14. The van der Waals surface area contributed by atoms with Crippen LogP contribution in [0.2, 0.25) is 0 Å². The van der Waals surface area contributed by atoms with Crippen molar-refractivity contribution in [3.05, 3.63) is 276 Å². The van der Waals surface area contributed by atoms with E-state index in [-0.39, 0.29) is 20.9 Å². The van der Waals surface area contributed by atoms with Gasteiger partial charge in [0.05, 0.1) is 7.57 Å². The van der Waals surface area contributed by atoms with Gasteiger partial charge in [0.25, 0.3) is 0 Å². The first kappa shape index (κ1) is 72.1. The third kappa shape index (κ3) is 15.2. The second kappa shape index (κ2) is 30.5. The van der Waals surface area contributed by atoms with Crippen molar-refractivity contribution >= 4 is 141 Å². The molecule has 2 radical (unpaired) electrons. The van der Waals surface area contributed by atoms with E-state index in [0.29, 0.717) is 37.5 Å². The van der Waals surface area contributed by atoms with Crippen molar-refractivity contribution in [2.45, 2.75) is 35.5 Å². The molecule has 2 nitrogen and oxygen atoms in total. The van der Waals surface area contributed by atoms with Gasteiger partial charge >= 0.3 is 42.7 Å². The van der Waals surface area contributed by atoms with Gasteiger partial charge in [-0.05, 0) is 128 Å². The summed E-state index contributed by atoms with van der Waals surface area (Å²) in [6, 6.07) is 71.0. The van der Waals surface area contributed by atoms with Crippen LogP contribution in [0, 0.1) is 0 Å². The summed E-state index contributed by atoms with van der Waals surface area (Å²) < 4.78 is 201. The van der Waals surface area contributed by atoms with E-state index in [4.69, 9.17) is 11.4 Å². The molecule has 2 N–H and O–H groups in total. The fourth-order valence-electron chi connectivity index (χ4n) is 9.28. The van der Waals surface area contributed by atoms with Gasteiger partial charge in [-0.2, -0.15) is 52.7 Å². The zero-order chi connectivity index (χ0) is 69.3. The molecule has 0 aliphatic heterocycles. The van der Waals surface area contributed by atoms with E-state index in [2.05, 4.69) is 127 Å². The maximum Gasteiger partial charge on any atom is 0.488 e. The number of rotatable bonds is 9. The van der Waals surface area contributed by atoms with Gasteiger partial charge < -0.3 is 10.0 Å². The maximum absolute atomic E-state index is 16.2. The minimum absolute atomic E-state index is 0.204. The Hall–Kier alpha value is -6.19. The third-order valence-corrected chi connectivity index (χ3v) is 22.2. The summed E-state index contributed by atoms with van der Waals surface area (Å²) in [6.07, 6.45) is 0. The lowest BCUT2D eigenvalue weighted by Gasteiger charge is -2.26. The first-order chi connectivity index (χ1) is 45.0. The van der Waals surface area contributed by atoms with E-state index in [1.165, 1.54) is 33.0 Å². The average Bonchev–Trinajstić information content (AvgIpc) is 1.53. The van der Waals surface area contributed by atoms with Crippen LogP contribution in [-0.2, 0) is 0 Å². The second-order valence-corrected chi connectivity index (χ2v) is 28.6. The highest BCUT2D eigenvalue weighted by Crippen LogP contribution is 2.68. The van der Waals surface area contributed by atoms with Crippen LogP contribution in [0.5, 0.6) is 0 Å². The van der Waals surface area contributed by atoms with Crippen molar-refractivity contribution < 1.29 is 71.5 Å². The molecule has 482 valence electrons. The molecule has 0 atom stereocenters. The Balaban J connectivity index is 0.000000187. The van der Waals surface area contributed by atoms with Gasteiger partial charge in [-0.1, -0.05) is 212 Å². The minimum atomic E-state index is -6.06. The van der Waals surface area contributed by atoms with Crippen molar-refractivity contribution in [3.8, 4) is 62.6 Å². The molecule has 0 spiro atoms. The van der Waals surface area contributed by atoms with E-state index < -0.39 is 65.5 Å². The number of allylic oxidation sites excluding steroid dienone is 4. The van der Waals surface area contributed by atoms with Gasteiger partial charge in [0, 0.05) is 68.9 Å². The predicted molar refractivity (Wildman–Crippen MR) is 370 cm³/mol. The van der Waals surface area contributed by atoms with Gasteiger partial charge in [0.15, 0.2) is 0 Å². The van der Waals surface area contributed by atoms with Gasteiger partial charge in [-0.15, -0.1) is 45.3 Å². The molecule has 0 unspecified atom stereocenters. The molecule has 2 aliphatic carbocycles. The molecule has 4 heterocycles. The quantitative estimate of drug-likeness (QED) is 0.112. The molecule has 0 fully saturated rings. The first-order valence-electron chi connectivity index (χ1n) is 27.6. The van der Waals surface area contributed by atoms with Gasteiger partial charge in [-0.3, -0.25) is 0 Å². The van der Waals surface area contributed by atoms with E-state index >= 15 is 26.3 Å². The fraction of sp³-hybridized carbons (Fsp3) is 0.0882. The lowest BCUT2D eigenvalue weighted by Crippen LogP contribution is -2.48. The molecular weight excluding hydrogens is 1580 g/mol. The topological polar surface area (TPSA) is 40.5 Å². The molecule has 0 bridgehead atoms. The number of thiophene rings is 4. The molecule has 0 amide bonds. The Kier molecular flexibility index (Phi) is 23.4. The molecule has 13 rings (SSSR count). The molecular formula is C68H42B2Br4F14O2S4. The molecule has 4 aromatic heterocycles. The molecule has 7 aromatic carbocycles. The molecule has 11 aromatic rings. The van der Waals surface area contributed by atoms with Crippen molar-refractivity contribution in [3.63, 3.8) is 0 Å². The van der Waals surface area contributed by atoms with E-state index in [1.54, 1.807) is 157 Å². The zero-order valence-electron chi connectivity index (χ0n) is 48.5. The molecule has 0 saturated carbocycles. The van der Waals surface area contributed by atoms with Crippen LogP contribution in [0.4, 0.5) is 61.5 Å². The smallest absolute Gasteiger partial charge is 0.423 e. The molecule has 0 saturated heterocycles. The van der Waals surface area contributed by atoms with Crippen LogP contribution in [0.25, 0.3) is 73.8 Å². The van der Waals surface area contributed by atoms with Crippen LogP contribution in [0.1, 0.15) is 11.1 Å². The van der Waals surface area contributed by atoms with E-state index in [0.717, 1.165) is 39.2 Å². The summed E-state index contributed by atoms with van der Waals surface area (Å²) in [5.41, 5.74) is 1.88. The maximum atomic E-state index is 16.2. The Morgan fingerprint density at radius 1 is 0.340 bits per heavy atom. The largest absolute Gasteiger partial charge is 0.488 e. The fourth-order valence-corrected chi connectivity index (χ4v) is 17.0. The normalized spacial score (nSPS) is 15.9. The number of halogens is 18. The summed E-state index contributed by atoms with van der Waals surface area (Å²) in [5, 5.41) is 17.2. The predicted octanol–water partition coefficient (Wildman–Crippen LogP) is 24.0. The number of benzene rings is 7. The van der Waals surface area contributed by atoms with Gasteiger partial charge in [-0.25, -0.2) is 8.78 Å². The van der Waals surface area contributed by atoms with Crippen LogP contribution in [0.15, 0.2) is 265 Å². The van der Waals surface area contributed by atoms with Crippen LogP contribution in [-0.4, -0.2) is 62.4 Å². The minimum Gasteiger partial charge on any atom is -0.423 e. The Labute approximate surface area is 583 Å². The van der Waals surface area contributed by atoms with Crippen molar-refractivity contribution in [2.75, 3.05) is 0 Å². The van der Waals surface area contributed by atoms with E-state index in [1.807, 2.05) is 35.6 Å². The summed E-state index contributed by atoms with van der Waals surface area (Å²) in [5.74, 6) is -40.5.